The summed E-state index contributed by atoms with van der Waals surface area (Å²) in [5, 5.41) is 0. The zero-order valence-electron chi connectivity index (χ0n) is 12.4. The molecule has 1 N–H and O–H groups in total. The number of benzene rings is 1. The largest absolute Gasteiger partial charge is 0.466 e. The van der Waals surface area contributed by atoms with Crippen molar-refractivity contribution < 1.29 is 4.90 Å². The van der Waals surface area contributed by atoms with Gasteiger partial charge in [-0.25, -0.2) is 0 Å². The molecule has 0 aliphatic carbocycles. The molecule has 2 saturated heterocycles. The van der Waals surface area contributed by atoms with E-state index < -0.39 is 0 Å². The maximum absolute atomic E-state index is 4.12. The van der Waals surface area contributed by atoms with Crippen LogP contribution in [0, 0.1) is 7.05 Å². The summed E-state index contributed by atoms with van der Waals surface area (Å²) in [7, 11) is 4.12. The van der Waals surface area contributed by atoms with E-state index >= 15 is 0 Å². The van der Waals surface area contributed by atoms with E-state index in [1.54, 1.807) is 0 Å². The number of likely N-dealkylation sites (tertiary alicyclic amines) is 1. The molecule has 0 atom stereocenters. The van der Waals surface area contributed by atoms with Crippen molar-refractivity contribution >= 4 is 0 Å². The lowest BCUT2D eigenvalue weighted by atomic mass is 10.0. The molecule has 0 amide bonds. The molecule has 1 aromatic carbocycles. The number of nitrogens with zero attached hydrogens (tertiary/aromatic N) is 2. The Kier molecular flexibility index (Phi) is 4.71. The van der Waals surface area contributed by atoms with E-state index in [2.05, 4.69) is 47.2 Å². The second kappa shape index (κ2) is 6.70. The van der Waals surface area contributed by atoms with Gasteiger partial charge in [-0.05, 0) is 31.5 Å². The Labute approximate surface area is 123 Å². The lowest BCUT2D eigenvalue weighted by molar-refractivity contribution is -0.859. The van der Waals surface area contributed by atoms with Crippen LogP contribution in [0.15, 0.2) is 30.3 Å². The van der Waals surface area contributed by atoms with Crippen LogP contribution in [0.1, 0.15) is 18.4 Å². The fourth-order valence-corrected chi connectivity index (χ4v) is 3.49. The number of piperazine rings is 1. The van der Waals surface area contributed by atoms with Gasteiger partial charge in [-0.2, -0.15) is 7.05 Å². The molecule has 3 rings (SSSR count). The number of hydrogen-bond donors (Lipinski definition) is 1. The molecule has 110 valence electrons. The quantitative estimate of drug-likeness (QED) is 0.811. The van der Waals surface area contributed by atoms with Gasteiger partial charge in [0.2, 0.25) is 0 Å². The molecule has 0 radical (unpaired) electrons. The third-order valence-corrected chi connectivity index (χ3v) is 4.83. The van der Waals surface area contributed by atoms with Crippen LogP contribution < -0.4 is 4.90 Å². The number of quaternary nitrogens is 1. The van der Waals surface area contributed by atoms with Crippen LogP contribution in [0.2, 0.25) is 0 Å². The second-order valence-corrected chi connectivity index (χ2v) is 6.28. The molecule has 2 aliphatic heterocycles. The van der Waals surface area contributed by atoms with Gasteiger partial charge in [0.1, 0.15) is 0 Å². The monoisotopic (exact) mass is 273 g/mol. The summed E-state index contributed by atoms with van der Waals surface area (Å²) in [4.78, 5) is 6.76. The van der Waals surface area contributed by atoms with Crippen molar-refractivity contribution in [2.24, 2.45) is 0 Å². The maximum atomic E-state index is 4.12. The molecule has 20 heavy (non-hydrogen) atoms. The highest BCUT2D eigenvalue weighted by molar-refractivity contribution is 5.14. The minimum Gasteiger partial charge on any atom is -0.466 e. The Balaban J connectivity index is 1.45. The summed E-state index contributed by atoms with van der Waals surface area (Å²) in [5.41, 5.74) is 1.44. The van der Waals surface area contributed by atoms with Gasteiger partial charge in [0.15, 0.2) is 0 Å². The van der Waals surface area contributed by atoms with Crippen molar-refractivity contribution in [3.05, 3.63) is 42.9 Å². The molecule has 0 aromatic heterocycles. The van der Waals surface area contributed by atoms with Crippen molar-refractivity contribution in [3.63, 3.8) is 0 Å². The molecule has 3 heteroatoms. The molecule has 0 unspecified atom stereocenters. The van der Waals surface area contributed by atoms with Crippen molar-refractivity contribution in [2.45, 2.75) is 25.4 Å². The van der Waals surface area contributed by atoms with Gasteiger partial charge in [0.25, 0.3) is 0 Å². The Morgan fingerprint density at radius 2 is 1.65 bits per heavy atom. The summed E-state index contributed by atoms with van der Waals surface area (Å²) >= 11 is 0. The Morgan fingerprint density at radius 3 is 2.30 bits per heavy atom. The van der Waals surface area contributed by atoms with Crippen LogP contribution in [-0.4, -0.2) is 55.1 Å². The summed E-state index contributed by atoms with van der Waals surface area (Å²) in [6, 6.07) is 11.7. The van der Waals surface area contributed by atoms with E-state index in [0.717, 1.165) is 12.6 Å². The SMILES string of the molecule is [CH2-][NH+]1CCN(C2CCN(Cc3ccccc3)CC2)CC1. The summed E-state index contributed by atoms with van der Waals surface area (Å²) in [5.74, 6) is 0. The molecular formula is C17H27N3. The first-order chi connectivity index (χ1) is 9.81. The molecule has 0 spiro atoms. The van der Waals surface area contributed by atoms with E-state index in [-0.39, 0.29) is 0 Å². The second-order valence-electron chi connectivity index (χ2n) is 6.28. The Hall–Kier alpha value is -0.900. The van der Waals surface area contributed by atoms with Crippen LogP contribution in [0.3, 0.4) is 0 Å². The minimum atomic E-state index is 0.815. The molecule has 2 aliphatic rings. The Bertz CT molecular complexity index is 390. The van der Waals surface area contributed by atoms with Gasteiger partial charge in [-0.3, -0.25) is 9.80 Å². The van der Waals surface area contributed by atoms with E-state index in [1.807, 2.05) is 0 Å². The van der Waals surface area contributed by atoms with Gasteiger partial charge >= 0.3 is 0 Å². The van der Waals surface area contributed by atoms with Crippen LogP contribution in [-0.2, 0) is 6.54 Å². The third-order valence-electron chi connectivity index (χ3n) is 4.83. The van der Waals surface area contributed by atoms with Gasteiger partial charge in [0.05, 0.1) is 13.1 Å². The van der Waals surface area contributed by atoms with Gasteiger partial charge in [-0.1, -0.05) is 30.3 Å². The van der Waals surface area contributed by atoms with E-state index in [4.69, 9.17) is 0 Å². The zero-order valence-corrected chi connectivity index (χ0v) is 12.4. The standard InChI is InChI=1S/C17H27N3/c1-18-11-13-20(14-12-18)17-7-9-19(10-8-17)15-16-5-3-2-4-6-16/h2-6,17-18H,1,7-15H2. The first kappa shape index (κ1) is 14.1. The van der Waals surface area contributed by atoms with E-state index in [9.17, 15) is 0 Å². The fraction of sp³-hybridized carbons (Fsp3) is 0.588. The molecule has 1 aromatic rings. The predicted octanol–water partition coefficient (Wildman–Crippen LogP) is 0.643. The van der Waals surface area contributed by atoms with E-state index in [1.165, 1.54) is 62.6 Å². The average molecular weight is 273 g/mol. The van der Waals surface area contributed by atoms with Crippen molar-refractivity contribution in [1.82, 2.24) is 9.80 Å². The number of piperidine rings is 1. The molecular weight excluding hydrogens is 246 g/mol. The van der Waals surface area contributed by atoms with Crippen LogP contribution in [0.5, 0.6) is 0 Å². The van der Waals surface area contributed by atoms with Gasteiger partial charge in [0, 0.05) is 25.7 Å². The highest BCUT2D eigenvalue weighted by Gasteiger charge is 2.26. The molecule has 2 fully saturated rings. The summed E-state index contributed by atoms with van der Waals surface area (Å²) in [6.07, 6.45) is 2.67. The number of nitrogens with one attached hydrogen (secondary N) is 1. The van der Waals surface area contributed by atoms with Gasteiger partial charge < -0.3 is 4.90 Å². The zero-order chi connectivity index (χ0) is 13.8. The molecule has 2 heterocycles. The highest BCUT2D eigenvalue weighted by atomic mass is 15.3. The molecule has 0 saturated carbocycles. The van der Waals surface area contributed by atoms with Crippen molar-refractivity contribution in [1.29, 1.82) is 0 Å². The lowest BCUT2D eigenvalue weighted by Gasteiger charge is -2.42. The summed E-state index contributed by atoms with van der Waals surface area (Å²) < 4.78 is 0. The minimum absolute atomic E-state index is 0.815. The van der Waals surface area contributed by atoms with Crippen LogP contribution in [0.25, 0.3) is 0 Å². The number of hydrogen-bond acceptors (Lipinski definition) is 2. The van der Waals surface area contributed by atoms with E-state index in [0.29, 0.717) is 0 Å². The molecule has 0 bridgehead atoms. The third kappa shape index (κ3) is 3.60. The lowest BCUT2D eigenvalue weighted by Crippen LogP contribution is -3.10. The summed E-state index contributed by atoms with van der Waals surface area (Å²) in [6.45, 7) is 8.51. The van der Waals surface area contributed by atoms with Gasteiger partial charge in [-0.15, -0.1) is 0 Å². The smallest absolute Gasteiger partial charge is 0.0660 e. The Morgan fingerprint density at radius 1 is 1.00 bits per heavy atom. The maximum Gasteiger partial charge on any atom is 0.0660 e. The highest BCUT2D eigenvalue weighted by Crippen LogP contribution is 2.18. The van der Waals surface area contributed by atoms with Crippen LogP contribution in [0.4, 0.5) is 0 Å². The van der Waals surface area contributed by atoms with Crippen molar-refractivity contribution in [2.75, 3.05) is 39.3 Å². The average Bonchev–Trinajstić information content (AvgIpc) is 2.50. The number of rotatable bonds is 3. The normalized spacial score (nSPS) is 24.1. The van der Waals surface area contributed by atoms with Crippen molar-refractivity contribution in [3.8, 4) is 0 Å². The fourth-order valence-electron chi connectivity index (χ4n) is 3.49. The first-order valence-corrected chi connectivity index (χ1v) is 7.98. The van der Waals surface area contributed by atoms with Crippen LogP contribution >= 0.6 is 0 Å². The predicted molar refractivity (Wildman–Crippen MR) is 82.4 cm³/mol. The first-order valence-electron chi connectivity index (χ1n) is 7.98. The topological polar surface area (TPSA) is 10.9 Å². The molecule has 3 nitrogen and oxygen atoms in total.